The average Bonchev–Trinajstić information content (AvgIpc) is 3.40. The predicted molar refractivity (Wildman–Crippen MR) is 155 cm³/mol. The summed E-state index contributed by atoms with van der Waals surface area (Å²) in [6.45, 7) is 8.56. The summed E-state index contributed by atoms with van der Waals surface area (Å²) in [6, 6.07) is 29.8. The van der Waals surface area contributed by atoms with E-state index in [0.717, 1.165) is 16.7 Å². The molecular formula is C31H29N3O5S. The van der Waals surface area contributed by atoms with Gasteiger partial charge in [0.2, 0.25) is 11.5 Å². The molecule has 0 unspecified atom stereocenters. The van der Waals surface area contributed by atoms with Gasteiger partial charge in [0.25, 0.3) is 0 Å². The molecule has 0 spiro atoms. The van der Waals surface area contributed by atoms with Gasteiger partial charge in [0.05, 0.1) is 0 Å². The highest BCUT2D eigenvalue weighted by molar-refractivity contribution is 7.14. The number of ether oxygens (including phenoxy) is 1. The molecule has 40 heavy (non-hydrogen) atoms. The lowest BCUT2D eigenvalue weighted by Crippen LogP contribution is -2.38. The molecule has 0 fully saturated rings. The molecule has 1 heterocycles. The zero-order chi connectivity index (χ0) is 28.8. The lowest BCUT2D eigenvalue weighted by atomic mass is 9.77. The summed E-state index contributed by atoms with van der Waals surface area (Å²) in [4.78, 5) is 33.8. The van der Waals surface area contributed by atoms with Gasteiger partial charge >= 0.3 is 11.9 Å². The molecular weight excluding hydrogens is 526 g/mol. The molecule has 0 amide bonds. The summed E-state index contributed by atoms with van der Waals surface area (Å²) in [5, 5.41) is 19.1. The number of rotatable bonds is 10. The Morgan fingerprint density at radius 1 is 0.875 bits per heavy atom. The molecule has 0 aliphatic carbocycles. The first-order valence-corrected chi connectivity index (χ1v) is 13.3. The van der Waals surface area contributed by atoms with Crippen molar-refractivity contribution in [1.82, 2.24) is 4.98 Å². The molecule has 0 aliphatic heterocycles. The number of carboxylic acids is 1. The van der Waals surface area contributed by atoms with Crippen molar-refractivity contribution in [2.75, 3.05) is 5.32 Å². The second kappa shape index (κ2) is 12.0. The number of nitrogens with zero attached hydrogens (tertiary/aromatic N) is 2. The Kier molecular flexibility index (Phi) is 8.45. The van der Waals surface area contributed by atoms with Crippen LogP contribution in [0.25, 0.3) is 0 Å². The van der Waals surface area contributed by atoms with Crippen LogP contribution in [0.4, 0.5) is 5.13 Å². The first-order valence-electron chi connectivity index (χ1n) is 12.4. The fraction of sp³-hybridized carbons (Fsp3) is 0.161. The van der Waals surface area contributed by atoms with E-state index in [2.05, 4.69) is 22.0 Å². The highest BCUT2D eigenvalue weighted by atomic mass is 32.1. The minimum Gasteiger partial charge on any atom is -0.476 e. The van der Waals surface area contributed by atoms with Crippen LogP contribution in [0.3, 0.4) is 0 Å². The highest BCUT2D eigenvalue weighted by Crippen LogP contribution is 2.40. The monoisotopic (exact) mass is 555 g/mol. The molecule has 0 saturated heterocycles. The Balaban J connectivity index is 1.73. The molecule has 9 heteroatoms. The zero-order valence-corrected chi connectivity index (χ0v) is 23.1. The van der Waals surface area contributed by atoms with Crippen LogP contribution in [0.15, 0.2) is 114 Å². The normalized spacial score (nSPS) is 11.9. The molecule has 0 bridgehead atoms. The van der Waals surface area contributed by atoms with Crippen LogP contribution in [-0.4, -0.2) is 33.3 Å². The Morgan fingerprint density at radius 2 is 1.35 bits per heavy atom. The Bertz CT molecular complexity index is 1410. The fourth-order valence-corrected chi connectivity index (χ4v) is 4.80. The second-order valence-corrected chi connectivity index (χ2v) is 10.6. The maximum absolute atomic E-state index is 12.2. The van der Waals surface area contributed by atoms with E-state index in [9.17, 15) is 14.7 Å². The number of hydrogen-bond acceptors (Lipinski definition) is 8. The van der Waals surface area contributed by atoms with Gasteiger partial charge in [-0.15, -0.1) is 11.3 Å². The fourth-order valence-electron chi connectivity index (χ4n) is 4.05. The summed E-state index contributed by atoms with van der Waals surface area (Å²) < 4.78 is 5.18. The van der Waals surface area contributed by atoms with Gasteiger partial charge in [-0.1, -0.05) is 96.2 Å². The third kappa shape index (κ3) is 6.44. The average molecular weight is 556 g/mol. The molecule has 204 valence electrons. The maximum Gasteiger partial charge on any atom is 0.376 e. The smallest absolute Gasteiger partial charge is 0.376 e. The number of carbonyl (C=O) groups is 2. The van der Waals surface area contributed by atoms with E-state index in [4.69, 9.17) is 9.57 Å². The van der Waals surface area contributed by atoms with Crippen molar-refractivity contribution < 1.29 is 24.3 Å². The number of nitrogens with one attached hydrogen (secondary N) is 1. The van der Waals surface area contributed by atoms with E-state index in [1.165, 1.54) is 11.3 Å². The van der Waals surface area contributed by atoms with E-state index in [-0.39, 0.29) is 5.69 Å². The number of benzene rings is 3. The van der Waals surface area contributed by atoms with Gasteiger partial charge in [-0.2, -0.15) is 0 Å². The number of hydrogen-bond donors (Lipinski definition) is 2. The van der Waals surface area contributed by atoms with Crippen molar-refractivity contribution >= 4 is 34.1 Å². The third-order valence-corrected chi connectivity index (χ3v) is 6.50. The van der Waals surface area contributed by atoms with Crippen molar-refractivity contribution in [2.24, 2.45) is 5.16 Å². The van der Waals surface area contributed by atoms with Crippen LogP contribution in [0.1, 0.15) is 43.2 Å². The molecule has 1 aromatic heterocycles. The summed E-state index contributed by atoms with van der Waals surface area (Å²) >= 11 is 1.22. The van der Waals surface area contributed by atoms with Gasteiger partial charge in [-0.05, 0) is 44.0 Å². The Hall–Kier alpha value is -4.76. The first kappa shape index (κ1) is 28.3. The molecule has 0 radical (unpaired) electrons. The Morgan fingerprint density at radius 3 is 1.77 bits per heavy atom. The third-order valence-electron chi connectivity index (χ3n) is 5.74. The summed E-state index contributed by atoms with van der Waals surface area (Å²) in [6.07, 6.45) is 0. The molecule has 0 aliphatic rings. The van der Waals surface area contributed by atoms with Crippen molar-refractivity contribution in [2.45, 2.75) is 31.9 Å². The molecule has 3 aromatic carbocycles. The van der Waals surface area contributed by atoms with Crippen molar-refractivity contribution in [1.29, 1.82) is 0 Å². The zero-order valence-electron chi connectivity index (χ0n) is 22.3. The maximum atomic E-state index is 12.2. The second-order valence-electron chi connectivity index (χ2n) is 9.77. The lowest BCUT2D eigenvalue weighted by Gasteiger charge is -2.36. The predicted octanol–water partition coefficient (Wildman–Crippen LogP) is 6.21. The largest absolute Gasteiger partial charge is 0.476 e. The highest BCUT2D eigenvalue weighted by Gasteiger charge is 2.37. The SMILES string of the molecule is C=C(ON=C(C(=O)O)c1csc(NC(c2ccccc2)(c2ccccc2)c2ccccc2)n1)C(=O)OC(C)(C)C. The van der Waals surface area contributed by atoms with Gasteiger partial charge in [-0.25, -0.2) is 14.6 Å². The number of oxime groups is 1. The van der Waals surface area contributed by atoms with Crippen LogP contribution < -0.4 is 5.32 Å². The van der Waals surface area contributed by atoms with Crippen molar-refractivity contribution in [3.8, 4) is 0 Å². The lowest BCUT2D eigenvalue weighted by molar-refractivity contribution is -0.154. The number of aliphatic carboxylic acids is 1. The number of carboxylic acid groups (broad SMARTS) is 1. The minimum atomic E-state index is -1.38. The van der Waals surface area contributed by atoms with E-state index in [1.807, 2.05) is 91.0 Å². The van der Waals surface area contributed by atoms with Crippen LogP contribution in [0.2, 0.25) is 0 Å². The van der Waals surface area contributed by atoms with Gasteiger partial charge < -0.3 is 20.0 Å². The molecule has 0 saturated carbocycles. The molecule has 4 aromatic rings. The number of carbonyl (C=O) groups excluding carboxylic acids is 1. The molecule has 8 nitrogen and oxygen atoms in total. The van der Waals surface area contributed by atoms with Gasteiger partial charge in [0.1, 0.15) is 16.8 Å². The standard InChI is InChI=1S/C31H29N3O5S/c1-21(28(37)38-30(2,3)4)39-34-26(27(35)36)25-20-40-29(32-25)33-31(22-14-8-5-9-15-22,23-16-10-6-11-17-23)24-18-12-7-13-19-24/h5-20H,1H2,2-4H3,(H,32,33)(H,35,36). The van der Waals surface area contributed by atoms with Crippen LogP contribution in [-0.2, 0) is 24.7 Å². The van der Waals surface area contributed by atoms with E-state index < -0.39 is 34.5 Å². The molecule has 2 N–H and O–H groups in total. The van der Waals surface area contributed by atoms with Crippen LogP contribution in [0.5, 0.6) is 0 Å². The quantitative estimate of drug-likeness (QED) is 0.0598. The van der Waals surface area contributed by atoms with E-state index in [1.54, 1.807) is 26.2 Å². The molecule has 4 rings (SSSR count). The van der Waals surface area contributed by atoms with Gasteiger partial charge in [0, 0.05) is 5.38 Å². The van der Waals surface area contributed by atoms with E-state index in [0.29, 0.717) is 5.13 Å². The van der Waals surface area contributed by atoms with Crippen LogP contribution in [0, 0.1) is 0 Å². The topological polar surface area (TPSA) is 110 Å². The number of anilines is 1. The summed E-state index contributed by atoms with van der Waals surface area (Å²) in [7, 11) is 0. The summed E-state index contributed by atoms with van der Waals surface area (Å²) in [5.41, 5.74) is 0.843. The van der Waals surface area contributed by atoms with Gasteiger partial charge in [-0.3, -0.25) is 0 Å². The number of aromatic nitrogens is 1. The number of esters is 1. The van der Waals surface area contributed by atoms with Crippen molar-refractivity contribution in [3.05, 3.63) is 131 Å². The Labute approximate surface area is 236 Å². The summed E-state index contributed by atoms with van der Waals surface area (Å²) in [5.74, 6) is -2.67. The van der Waals surface area contributed by atoms with Crippen LogP contribution >= 0.6 is 11.3 Å². The number of thiazole rings is 1. The first-order chi connectivity index (χ1) is 19.1. The van der Waals surface area contributed by atoms with Gasteiger partial charge in [0.15, 0.2) is 5.13 Å². The minimum absolute atomic E-state index is 0.0556. The van der Waals surface area contributed by atoms with Crippen molar-refractivity contribution in [3.63, 3.8) is 0 Å². The van der Waals surface area contributed by atoms with E-state index >= 15 is 0 Å². The molecule has 0 atom stereocenters.